The summed E-state index contributed by atoms with van der Waals surface area (Å²) < 4.78 is 6.95. The standard InChI is InChI=1S/C23H19N3O4/c1-15-24-21-12-11-18(26(28)29)13-20(21)23(27)25(15)14-16-7-9-17(10-8-16)19-5-3-4-6-22(19)30-2/h3-13H,14H2,1-2H3. The molecule has 4 aromatic rings. The van der Waals surface area contributed by atoms with Crippen molar-refractivity contribution in [2.24, 2.45) is 0 Å². The summed E-state index contributed by atoms with van der Waals surface area (Å²) in [5, 5.41) is 11.3. The van der Waals surface area contributed by atoms with Gasteiger partial charge in [-0.2, -0.15) is 0 Å². The summed E-state index contributed by atoms with van der Waals surface area (Å²) in [5.41, 5.74) is 2.94. The summed E-state index contributed by atoms with van der Waals surface area (Å²) in [4.78, 5) is 28.0. The third-order valence-corrected chi connectivity index (χ3v) is 5.05. The molecule has 30 heavy (non-hydrogen) atoms. The van der Waals surface area contributed by atoms with Crippen LogP contribution < -0.4 is 10.3 Å². The van der Waals surface area contributed by atoms with E-state index in [0.717, 1.165) is 22.4 Å². The largest absolute Gasteiger partial charge is 0.496 e. The van der Waals surface area contributed by atoms with Crippen LogP contribution in [0.3, 0.4) is 0 Å². The third kappa shape index (κ3) is 3.53. The van der Waals surface area contributed by atoms with E-state index in [1.54, 1.807) is 14.0 Å². The van der Waals surface area contributed by atoms with Crippen molar-refractivity contribution in [2.75, 3.05) is 7.11 Å². The van der Waals surface area contributed by atoms with Gasteiger partial charge in [0.1, 0.15) is 11.6 Å². The van der Waals surface area contributed by atoms with Gasteiger partial charge in [-0.1, -0.05) is 42.5 Å². The highest BCUT2D eigenvalue weighted by Crippen LogP contribution is 2.29. The van der Waals surface area contributed by atoms with Gasteiger partial charge in [-0.05, 0) is 30.2 Å². The van der Waals surface area contributed by atoms with Crippen molar-refractivity contribution in [1.82, 2.24) is 9.55 Å². The Morgan fingerprint density at radius 2 is 1.80 bits per heavy atom. The molecule has 0 amide bonds. The van der Waals surface area contributed by atoms with E-state index >= 15 is 0 Å². The molecule has 0 saturated carbocycles. The zero-order valence-electron chi connectivity index (χ0n) is 16.5. The number of hydrogen-bond donors (Lipinski definition) is 0. The molecule has 0 aliphatic carbocycles. The van der Waals surface area contributed by atoms with Crippen molar-refractivity contribution in [3.8, 4) is 16.9 Å². The maximum Gasteiger partial charge on any atom is 0.270 e. The number of hydrogen-bond acceptors (Lipinski definition) is 5. The van der Waals surface area contributed by atoms with E-state index in [0.29, 0.717) is 17.9 Å². The second-order valence-corrected chi connectivity index (χ2v) is 6.91. The highest BCUT2D eigenvalue weighted by molar-refractivity contribution is 5.80. The Morgan fingerprint density at radius 1 is 1.07 bits per heavy atom. The van der Waals surface area contributed by atoms with Crippen molar-refractivity contribution in [2.45, 2.75) is 13.5 Å². The van der Waals surface area contributed by atoms with Gasteiger partial charge in [0, 0.05) is 17.7 Å². The van der Waals surface area contributed by atoms with E-state index < -0.39 is 4.92 Å². The molecule has 0 N–H and O–H groups in total. The maximum absolute atomic E-state index is 13.0. The Balaban J connectivity index is 1.70. The minimum atomic E-state index is -0.514. The van der Waals surface area contributed by atoms with Crippen LogP contribution in [0.25, 0.3) is 22.0 Å². The summed E-state index contributed by atoms with van der Waals surface area (Å²) in [6.45, 7) is 2.08. The van der Waals surface area contributed by atoms with Crippen LogP contribution in [0.15, 0.2) is 71.5 Å². The number of methoxy groups -OCH3 is 1. The highest BCUT2D eigenvalue weighted by atomic mass is 16.6. The van der Waals surface area contributed by atoms with E-state index in [2.05, 4.69) is 4.98 Å². The SMILES string of the molecule is COc1ccccc1-c1ccc(Cn2c(C)nc3ccc([N+](=O)[O-])cc3c2=O)cc1. The van der Waals surface area contributed by atoms with Crippen molar-refractivity contribution in [3.05, 3.63) is 98.6 Å². The number of aromatic nitrogens is 2. The molecule has 7 nitrogen and oxygen atoms in total. The first-order valence-corrected chi connectivity index (χ1v) is 9.36. The minimum Gasteiger partial charge on any atom is -0.496 e. The molecule has 0 radical (unpaired) electrons. The third-order valence-electron chi connectivity index (χ3n) is 5.05. The molecule has 3 aromatic carbocycles. The molecule has 150 valence electrons. The van der Waals surface area contributed by atoms with Crippen molar-refractivity contribution < 1.29 is 9.66 Å². The number of aryl methyl sites for hydroxylation is 1. The van der Waals surface area contributed by atoms with Crippen LogP contribution in [0, 0.1) is 17.0 Å². The first kappa shape index (κ1) is 19.3. The molecule has 1 aromatic heterocycles. The van der Waals surface area contributed by atoms with Gasteiger partial charge in [0.05, 0.1) is 29.5 Å². The molecule has 0 unspecified atom stereocenters. The monoisotopic (exact) mass is 401 g/mol. The number of fused-ring (bicyclic) bond motifs is 1. The van der Waals surface area contributed by atoms with Crippen LogP contribution in [-0.2, 0) is 6.54 Å². The predicted octanol–water partition coefficient (Wildman–Crippen LogP) is 4.34. The first-order chi connectivity index (χ1) is 14.5. The number of nitrogens with zero attached hydrogens (tertiary/aromatic N) is 3. The number of nitro benzene ring substituents is 1. The smallest absolute Gasteiger partial charge is 0.270 e. The van der Waals surface area contributed by atoms with E-state index in [9.17, 15) is 14.9 Å². The topological polar surface area (TPSA) is 87.3 Å². The van der Waals surface area contributed by atoms with Gasteiger partial charge in [0.15, 0.2) is 0 Å². The van der Waals surface area contributed by atoms with Crippen LogP contribution in [-0.4, -0.2) is 21.6 Å². The molecule has 0 aliphatic rings. The van der Waals surface area contributed by atoms with E-state index in [4.69, 9.17) is 4.74 Å². The van der Waals surface area contributed by atoms with Gasteiger partial charge in [-0.25, -0.2) is 4.98 Å². The normalized spacial score (nSPS) is 10.9. The Labute approximate surface area is 172 Å². The summed E-state index contributed by atoms with van der Waals surface area (Å²) in [6, 6.07) is 19.8. The second kappa shape index (κ2) is 7.79. The lowest BCUT2D eigenvalue weighted by molar-refractivity contribution is -0.384. The van der Waals surface area contributed by atoms with Crippen molar-refractivity contribution in [1.29, 1.82) is 0 Å². The first-order valence-electron chi connectivity index (χ1n) is 9.36. The summed E-state index contributed by atoms with van der Waals surface area (Å²) in [6.07, 6.45) is 0. The lowest BCUT2D eigenvalue weighted by Crippen LogP contribution is -2.24. The number of non-ortho nitro benzene ring substituents is 1. The van der Waals surface area contributed by atoms with Crippen LogP contribution in [0.4, 0.5) is 5.69 Å². The predicted molar refractivity (Wildman–Crippen MR) is 115 cm³/mol. The zero-order valence-corrected chi connectivity index (χ0v) is 16.5. The summed E-state index contributed by atoms with van der Waals surface area (Å²) >= 11 is 0. The molecule has 0 fully saturated rings. The average molecular weight is 401 g/mol. The molecule has 4 rings (SSSR count). The van der Waals surface area contributed by atoms with Crippen LogP contribution in [0.1, 0.15) is 11.4 Å². The van der Waals surface area contributed by atoms with Crippen LogP contribution >= 0.6 is 0 Å². The Kier molecular flexibility index (Phi) is 5.02. The Bertz CT molecular complexity index is 1310. The molecule has 0 bridgehead atoms. The number of ether oxygens (including phenoxy) is 1. The van der Waals surface area contributed by atoms with Crippen molar-refractivity contribution in [3.63, 3.8) is 0 Å². The van der Waals surface area contributed by atoms with Gasteiger partial charge in [0.25, 0.3) is 11.2 Å². The van der Waals surface area contributed by atoms with E-state index in [-0.39, 0.29) is 16.6 Å². The molecule has 0 saturated heterocycles. The molecule has 1 heterocycles. The maximum atomic E-state index is 13.0. The number of para-hydroxylation sites is 1. The van der Waals surface area contributed by atoms with Gasteiger partial charge < -0.3 is 4.74 Å². The average Bonchev–Trinajstić information content (AvgIpc) is 2.76. The quantitative estimate of drug-likeness (QED) is 0.367. The fourth-order valence-electron chi connectivity index (χ4n) is 3.48. The van der Waals surface area contributed by atoms with Crippen LogP contribution in [0.2, 0.25) is 0 Å². The fourth-order valence-corrected chi connectivity index (χ4v) is 3.48. The minimum absolute atomic E-state index is 0.127. The van der Waals surface area contributed by atoms with Crippen molar-refractivity contribution >= 4 is 16.6 Å². The molecular weight excluding hydrogens is 382 g/mol. The Hall–Kier alpha value is -4.00. The molecule has 7 heteroatoms. The number of rotatable bonds is 5. The highest BCUT2D eigenvalue weighted by Gasteiger charge is 2.13. The Morgan fingerprint density at radius 3 is 2.50 bits per heavy atom. The lowest BCUT2D eigenvalue weighted by Gasteiger charge is -2.12. The fraction of sp³-hybridized carbons (Fsp3) is 0.130. The van der Waals surface area contributed by atoms with Gasteiger partial charge in [0.2, 0.25) is 0 Å². The van der Waals surface area contributed by atoms with Gasteiger partial charge in [-0.3, -0.25) is 19.5 Å². The van der Waals surface area contributed by atoms with Gasteiger partial charge in [-0.15, -0.1) is 0 Å². The van der Waals surface area contributed by atoms with E-state index in [1.165, 1.54) is 22.8 Å². The summed E-state index contributed by atoms with van der Waals surface area (Å²) in [7, 11) is 1.64. The molecule has 0 atom stereocenters. The molecule has 0 aliphatic heterocycles. The number of nitro groups is 1. The van der Waals surface area contributed by atoms with E-state index in [1.807, 2.05) is 48.5 Å². The van der Waals surface area contributed by atoms with Crippen LogP contribution in [0.5, 0.6) is 5.75 Å². The lowest BCUT2D eigenvalue weighted by atomic mass is 10.0. The second-order valence-electron chi connectivity index (χ2n) is 6.91. The zero-order chi connectivity index (χ0) is 21.3. The van der Waals surface area contributed by atoms with Gasteiger partial charge >= 0.3 is 0 Å². The molecular formula is C23H19N3O4. The summed E-state index contributed by atoms with van der Waals surface area (Å²) in [5.74, 6) is 1.34. The molecule has 0 spiro atoms. The number of benzene rings is 3.